The van der Waals surface area contributed by atoms with Crippen LogP contribution in [0.15, 0.2) is 28.5 Å². The maximum absolute atomic E-state index is 5.67. The van der Waals surface area contributed by atoms with Gasteiger partial charge in [-0.2, -0.15) is 0 Å². The van der Waals surface area contributed by atoms with Gasteiger partial charge in [-0.1, -0.05) is 18.2 Å². The number of hydrogen-bond donors (Lipinski definition) is 1. The van der Waals surface area contributed by atoms with Crippen LogP contribution in [0.2, 0.25) is 0 Å². The van der Waals surface area contributed by atoms with E-state index in [-0.39, 0.29) is 0 Å². The third-order valence-electron chi connectivity index (χ3n) is 2.02. The van der Waals surface area contributed by atoms with Crippen molar-refractivity contribution in [1.29, 1.82) is 0 Å². The summed E-state index contributed by atoms with van der Waals surface area (Å²) in [6, 6.07) is 8.54. The molecular formula is C10H11NS2. The highest BCUT2D eigenvalue weighted by Crippen LogP contribution is 2.33. The predicted molar refractivity (Wildman–Crippen MR) is 61.5 cm³/mol. The fraction of sp³-hybridized carbons (Fsp3) is 0.200. The molecule has 68 valence electrons. The molecule has 1 aromatic carbocycles. The largest absolute Gasteiger partial charge is 0.326 e. The summed E-state index contributed by atoms with van der Waals surface area (Å²) in [6.45, 7) is 0.631. The molecule has 0 radical (unpaired) electrons. The van der Waals surface area contributed by atoms with Crippen LogP contribution in [0.25, 0.3) is 10.1 Å². The van der Waals surface area contributed by atoms with E-state index >= 15 is 0 Å². The minimum atomic E-state index is 0.631. The Hall–Kier alpha value is -0.510. The van der Waals surface area contributed by atoms with Crippen molar-refractivity contribution in [2.45, 2.75) is 10.8 Å². The first-order valence-corrected chi connectivity index (χ1v) is 6.15. The molecule has 0 aliphatic heterocycles. The van der Waals surface area contributed by atoms with Crippen LogP contribution in [-0.4, -0.2) is 6.26 Å². The molecule has 0 spiro atoms. The van der Waals surface area contributed by atoms with E-state index in [9.17, 15) is 0 Å². The normalized spacial score (nSPS) is 10.9. The smallest absolute Gasteiger partial charge is 0.0608 e. The minimum Gasteiger partial charge on any atom is -0.326 e. The third kappa shape index (κ3) is 1.59. The Labute approximate surface area is 85.9 Å². The van der Waals surface area contributed by atoms with Crippen molar-refractivity contribution in [2.24, 2.45) is 5.73 Å². The number of thiophene rings is 1. The Morgan fingerprint density at radius 3 is 3.00 bits per heavy atom. The molecule has 0 saturated heterocycles. The van der Waals surface area contributed by atoms with Crippen molar-refractivity contribution < 1.29 is 0 Å². The first-order valence-electron chi connectivity index (χ1n) is 4.10. The van der Waals surface area contributed by atoms with Gasteiger partial charge in [0.25, 0.3) is 0 Å². The van der Waals surface area contributed by atoms with Gasteiger partial charge in [0.2, 0.25) is 0 Å². The van der Waals surface area contributed by atoms with E-state index in [0.29, 0.717) is 6.54 Å². The molecule has 0 saturated carbocycles. The molecule has 0 fully saturated rings. The zero-order chi connectivity index (χ0) is 9.26. The van der Waals surface area contributed by atoms with Gasteiger partial charge in [-0.15, -0.1) is 23.1 Å². The second-order valence-electron chi connectivity index (χ2n) is 2.81. The Bertz CT molecular complexity index is 420. The second kappa shape index (κ2) is 3.70. The van der Waals surface area contributed by atoms with E-state index in [1.54, 1.807) is 11.8 Å². The van der Waals surface area contributed by atoms with Gasteiger partial charge in [-0.3, -0.25) is 0 Å². The third-order valence-corrected chi connectivity index (χ3v) is 4.32. The monoisotopic (exact) mass is 209 g/mol. The van der Waals surface area contributed by atoms with Crippen molar-refractivity contribution in [3.8, 4) is 0 Å². The topological polar surface area (TPSA) is 26.0 Å². The summed E-state index contributed by atoms with van der Waals surface area (Å²) in [5.74, 6) is 0. The molecule has 0 atom stereocenters. The minimum absolute atomic E-state index is 0.631. The number of rotatable bonds is 2. The molecule has 1 aromatic heterocycles. The van der Waals surface area contributed by atoms with Crippen LogP contribution in [0.4, 0.5) is 0 Å². The lowest BCUT2D eigenvalue weighted by atomic mass is 10.2. The number of thioether (sulfide) groups is 1. The highest BCUT2D eigenvalue weighted by molar-refractivity contribution is 8.00. The van der Waals surface area contributed by atoms with Gasteiger partial charge in [0.05, 0.1) is 4.21 Å². The first kappa shape index (κ1) is 9.06. The molecule has 0 unspecified atom stereocenters. The van der Waals surface area contributed by atoms with E-state index in [0.717, 1.165) is 0 Å². The number of fused-ring (bicyclic) bond motifs is 1. The standard InChI is InChI=1S/C10H11NS2/c1-12-9-5-7-3-2-4-8(6-11)10(7)13-9/h2-5H,6,11H2,1H3. The molecule has 2 N–H and O–H groups in total. The summed E-state index contributed by atoms with van der Waals surface area (Å²) in [5.41, 5.74) is 6.92. The summed E-state index contributed by atoms with van der Waals surface area (Å²) in [5, 5.41) is 1.32. The van der Waals surface area contributed by atoms with Crippen molar-refractivity contribution in [1.82, 2.24) is 0 Å². The van der Waals surface area contributed by atoms with Crippen LogP contribution in [0.3, 0.4) is 0 Å². The SMILES string of the molecule is CSc1cc2cccc(CN)c2s1. The van der Waals surface area contributed by atoms with Crippen LogP contribution in [-0.2, 0) is 6.54 Å². The van der Waals surface area contributed by atoms with Crippen molar-refractivity contribution in [3.05, 3.63) is 29.8 Å². The molecule has 2 aromatic rings. The maximum atomic E-state index is 5.67. The summed E-state index contributed by atoms with van der Waals surface area (Å²) in [6.07, 6.45) is 2.10. The van der Waals surface area contributed by atoms with Crippen molar-refractivity contribution >= 4 is 33.2 Å². The summed E-state index contributed by atoms with van der Waals surface area (Å²) in [4.78, 5) is 0. The average molecular weight is 209 g/mol. The summed E-state index contributed by atoms with van der Waals surface area (Å²) < 4.78 is 2.70. The highest BCUT2D eigenvalue weighted by Gasteiger charge is 2.03. The van der Waals surface area contributed by atoms with Gasteiger partial charge in [0.1, 0.15) is 0 Å². The lowest BCUT2D eigenvalue weighted by molar-refractivity contribution is 1.09. The van der Waals surface area contributed by atoms with Gasteiger partial charge in [0, 0.05) is 11.2 Å². The Morgan fingerprint density at radius 1 is 1.46 bits per heavy atom. The van der Waals surface area contributed by atoms with E-state index in [1.807, 2.05) is 11.3 Å². The molecule has 1 nitrogen and oxygen atoms in total. The quantitative estimate of drug-likeness (QED) is 0.769. The molecule has 3 heteroatoms. The molecule has 0 aliphatic carbocycles. The molecule has 0 aliphatic rings. The second-order valence-corrected chi connectivity index (χ2v) is 4.97. The van der Waals surface area contributed by atoms with Crippen LogP contribution in [0.1, 0.15) is 5.56 Å². The Kier molecular flexibility index (Phi) is 2.58. The van der Waals surface area contributed by atoms with Gasteiger partial charge < -0.3 is 5.73 Å². The first-order chi connectivity index (χ1) is 6.35. The Morgan fingerprint density at radius 2 is 2.31 bits per heavy atom. The summed E-state index contributed by atoms with van der Waals surface area (Å²) >= 11 is 3.62. The molecule has 13 heavy (non-hydrogen) atoms. The van der Waals surface area contributed by atoms with Gasteiger partial charge in [0.15, 0.2) is 0 Å². The number of nitrogens with two attached hydrogens (primary N) is 1. The van der Waals surface area contributed by atoms with Crippen LogP contribution < -0.4 is 5.73 Å². The van der Waals surface area contributed by atoms with Crippen LogP contribution in [0, 0.1) is 0 Å². The zero-order valence-electron chi connectivity index (χ0n) is 7.41. The van der Waals surface area contributed by atoms with E-state index in [1.165, 1.54) is 19.9 Å². The molecular weight excluding hydrogens is 198 g/mol. The lowest BCUT2D eigenvalue weighted by Gasteiger charge is -1.96. The fourth-order valence-corrected chi connectivity index (χ4v) is 3.10. The van der Waals surface area contributed by atoms with Gasteiger partial charge >= 0.3 is 0 Å². The van der Waals surface area contributed by atoms with E-state index in [4.69, 9.17) is 5.73 Å². The van der Waals surface area contributed by atoms with Gasteiger partial charge in [-0.05, 0) is 23.3 Å². The molecule has 0 amide bonds. The summed E-state index contributed by atoms with van der Waals surface area (Å²) in [7, 11) is 0. The molecule has 1 heterocycles. The molecule has 2 rings (SSSR count). The Balaban J connectivity index is 2.67. The molecule has 0 bridgehead atoms. The van der Waals surface area contributed by atoms with Crippen molar-refractivity contribution in [2.75, 3.05) is 6.26 Å². The van der Waals surface area contributed by atoms with Crippen molar-refractivity contribution in [3.63, 3.8) is 0 Å². The predicted octanol–water partition coefficient (Wildman–Crippen LogP) is 3.08. The van der Waals surface area contributed by atoms with E-state index < -0.39 is 0 Å². The van der Waals surface area contributed by atoms with E-state index in [2.05, 4.69) is 30.5 Å². The lowest BCUT2D eigenvalue weighted by Crippen LogP contribution is -1.95. The maximum Gasteiger partial charge on any atom is 0.0608 e. The van der Waals surface area contributed by atoms with Crippen LogP contribution in [0.5, 0.6) is 0 Å². The van der Waals surface area contributed by atoms with Gasteiger partial charge in [-0.25, -0.2) is 0 Å². The zero-order valence-corrected chi connectivity index (χ0v) is 9.04. The van der Waals surface area contributed by atoms with Crippen LogP contribution >= 0.6 is 23.1 Å². The fourth-order valence-electron chi connectivity index (χ4n) is 1.36. The number of benzene rings is 1. The average Bonchev–Trinajstić information content (AvgIpc) is 2.59. The number of hydrogen-bond acceptors (Lipinski definition) is 3. The highest BCUT2D eigenvalue weighted by atomic mass is 32.2.